The number of unbranched alkanes of at least 4 members (excludes halogenated alkanes) is 1. The molecule has 11 aromatic rings. The van der Waals surface area contributed by atoms with Crippen LogP contribution in [0.5, 0.6) is 17.2 Å². The maximum atomic E-state index is 13.1. The molecule has 640 valence electrons. The number of benzene rings is 10. The van der Waals surface area contributed by atoms with Gasteiger partial charge in [-0.25, -0.2) is 0 Å². The Bertz CT molecular complexity index is 5370. The van der Waals surface area contributed by atoms with E-state index in [1.54, 1.807) is 125 Å². The van der Waals surface area contributed by atoms with E-state index in [-0.39, 0.29) is 46.8 Å². The van der Waals surface area contributed by atoms with E-state index in [2.05, 4.69) is 88.9 Å². The topological polar surface area (TPSA) is 245 Å². The number of aromatic nitrogens is 1. The molecule has 0 aliphatic carbocycles. The van der Waals surface area contributed by atoms with Crippen molar-refractivity contribution in [2.24, 2.45) is 0 Å². The Morgan fingerprint density at radius 1 is 0.333 bits per heavy atom. The number of hydrogen-bond donors (Lipinski definition) is 4. The molecule has 0 unspecified atom stereocenters. The normalized spacial score (nSPS) is 13.9. The molecule has 0 spiro atoms. The highest BCUT2D eigenvalue weighted by Gasteiger charge is 2.24. The molecule has 22 heteroatoms. The third-order valence-corrected chi connectivity index (χ3v) is 22.6. The first kappa shape index (κ1) is 91.3. The first-order chi connectivity index (χ1) is 59.8. The standard InChI is InChI=1S/C28H33N3O3.C28H25NO3.C23H29N3O2.C22H28N4O3/c1-30-16-18-31(19-17-30)15-6-5-11-25(32)24-10-7-12-26(34-2)27(24)29-28(33)23-14-13-21-8-3-4-9-22(21)20-23;1-32-24-16-17-25(27(30)13-7-10-20-8-3-2-4-9-20)26(19-24)29-28(31)23-15-14-21-11-5-6-12-22(21)18-23;1-18-8-3-4-9-19(18)23(28)24-21-11-6-5-10-20(21)22(27)12-7-13-26-16-14-25(2)15-17-26;1-25-12-14-26(15-13-25)11-3-4-21(27)19-16-23-10-9-20(19)24-22(28)17-5-7-18(29-2)8-6-17/h3-4,7-10,12-14,20H,5-6,11,15-19H2,1-2H3,(H,29,33);2-6,8-9,11-12,14-19H,7,10,13H2,1H3,(H,29,31);3-6,8-11H,7,12-17H2,1-2H3,(H,24,28);5-10,16H,3-4,11-15H2,1-2H3,(H,23,24,28). The Hall–Kier alpha value is -12.4. The van der Waals surface area contributed by atoms with Gasteiger partial charge in [0, 0.05) is 162 Å². The van der Waals surface area contributed by atoms with Gasteiger partial charge in [-0.05, 0) is 216 Å². The summed E-state index contributed by atoms with van der Waals surface area (Å²) in [5.74, 6) is 0.858. The molecule has 0 saturated carbocycles. The van der Waals surface area contributed by atoms with Crippen LogP contribution in [0.25, 0.3) is 21.5 Å². The van der Waals surface area contributed by atoms with Gasteiger partial charge in [0.15, 0.2) is 23.1 Å². The summed E-state index contributed by atoms with van der Waals surface area (Å²) in [6.45, 7) is 17.7. The molecule has 14 rings (SSSR count). The van der Waals surface area contributed by atoms with Gasteiger partial charge in [-0.2, -0.15) is 0 Å². The molecule has 3 aliphatic heterocycles. The lowest BCUT2D eigenvalue weighted by atomic mass is 10.0. The number of nitrogens with one attached hydrogen (secondary N) is 4. The van der Waals surface area contributed by atoms with E-state index in [4.69, 9.17) is 14.2 Å². The van der Waals surface area contributed by atoms with Crippen LogP contribution in [-0.2, 0) is 6.42 Å². The number of pyridine rings is 1. The Morgan fingerprint density at radius 3 is 1.33 bits per heavy atom. The van der Waals surface area contributed by atoms with E-state index in [0.29, 0.717) is 110 Å². The minimum Gasteiger partial charge on any atom is -0.497 e. The van der Waals surface area contributed by atoms with Crippen LogP contribution in [0.1, 0.15) is 152 Å². The summed E-state index contributed by atoms with van der Waals surface area (Å²) in [6, 6.07) is 70.8. The number of para-hydroxylation sites is 2. The first-order valence-corrected chi connectivity index (χ1v) is 42.5. The number of anilines is 4. The zero-order valence-electron chi connectivity index (χ0n) is 71.9. The molecule has 22 nitrogen and oxygen atoms in total. The minimum atomic E-state index is -0.273. The molecular weight excluding hydrogens is 1540 g/mol. The van der Waals surface area contributed by atoms with Crippen molar-refractivity contribution in [1.29, 1.82) is 0 Å². The molecule has 0 bridgehead atoms. The van der Waals surface area contributed by atoms with Crippen molar-refractivity contribution in [3.8, 4) is 17.2 Å². The number of ether oxygens (including phenoxy) is 3. The van der Waals surface area contributed by atoms with Crippen molar-refractivity contribution in [2.75, 3.05) is 162 Å². The number of fused-ring (bicyclic) bond motifs is 2. The highest BCUT2D eigenvalue weighted by atomic mass is 16.5. The molecule has 4 amide bonds. The van der Waals surface area contributed by atoms with Crippen LogP contribution in [0.4, 0.5) is 22.7 Å². The maximum absolute atomic E-state index is 13.1. The maximum Gasteiger partial charge on any atom is 0.255 e. The molecule has 3 saturated heterocycles. The number of amides is 4. The Labute approximate surface area is 722 Å². The molecule has 0 radical (unpaired) electrons. The predicted molar refractivity (Wildman–Crippen MR) is 491 cm³/mol. The van der Waals surface area contributed by atoms with E-state index in [0.717, 1.165) is 164 Å². The third-order valence-electron chi connectivity index (χ3n) is 22.6. The smallest absolute Gasteiger partial charge is 0.255 e. The fourth-order valence-corrected chi connectivity index (χ4v) is 15.0. The van der Waals surface area contributed by atoms with Crippen LogP contribution in [-0.4, -0.2) is 222 Å². The van der Waals surface area contributed by atoms with Gasteiger partial charge in [0.2, 0.25) is 0 Å². The van der Waals surface area contributed by atoms with Crippen LogP contribution >= 0.6 is 0 Å². The number of carbonyl (C=O) groups excluding carboxylic acids is 8. The van der Waals surface area contributed by atoms with Crippen molar-refractivity contribution < 1.29 is 52.6 Å². The van der Waals surface area contributed by atoms with E-state index in [9.17, 15) is 38.4 Å². The quantitative estimate of drug-likeness (QED) is 0.0226. The molecule has 3 aliphatic rings. The van der Waals surface area contributed by atoms with Crippen LogP contribution in [0.2, 0.25) is 0 Å². The number of rotatable bonds is 32. The molecule has 4 N–H and O–H groups in total. The van der Waals surface area contributed by atoms with Gasteiger partial charge in [0.1, 0.15) is 17.2 Å². The molecule has 123 heavy (non-hydrogen) atoms. The second-order valence-electron chi connectivity index (χ2n) is 31.4. The van der Waals surface area contributed by atoms with E-state index in [1.165, 1.54) is 11.8 Å². The van der Waals surface area contributed by atoms with Gasteiger partial charge in [-0.3, -0.25) is 43.3 Å². The van der Waals surface area contributed by atoms with Crippen molar-refractivity contribution in [3.63, 3.8) is 0 Å². The monoisotopic (exact) mass is 1660 g/mol. The number of ketones is 4. The fraction of sp³-hybridized carbons (Fsp3) is 0.317. The van der Waals surface area contributed by atoms with Gasteiger partial charge in [0.25, 0.3) is 23.6 Å². The van der Waals surface area contributed by atoms with Crippen LogP contribution < -0.4 is 35.5 Å². The first-order valence-electron chi connectivity index (χ1n) is 42.5. The minimum absolute atomic E-state index is 0.00241. The second-order valence-corrected chi connectivity index (χ2v) is 31.4. The Morgan fingerprint density at radius 2 is 0.764 bits per heavy atom. The molecule has 0 atom stereocenters. The van der Waals surface area contributed by atoms with Crippen LogP contribution in [0.3, 0.4) is 0 Å². The van der Waals surface area contributed by atoms with Gasteiger partial charge in [0.05, 0.1) is 49.6 Å². The zero-order chi connectivity index (χ0) is 86.8. The molecule has 3 fully saturated rings. The lowest BCUT2D eigenvalue weighted by Gasteiger charge is -2.32. The molecule has 10 aromatic carbocycles. The number of methoxy groups -OCH3 is 3. The number of nitrogens with zero attached hydrogens (tertiary/aromatic N) is 7. The summed E-state index contributed by atoms with van der Waals surface area (Å²) in [5.41, 5.74) is 8.32. The van der Waals surface area contributed by atoms with Crippen molar-refractivity contribution in [2.45, 2.75) is 71.1 Å². The average molecular weight is 1660 g/mol. The van der Waals surface area contributed by atoms with Gasteiger partial charge < -0.3 is 64.9 Å². The SMILES string of the molecule is COc1ccc(C(=O)CCCc2ccccc2)c(NC(=O)c2ccc3ccccc3c2)c1.COc1ccc(C(=O)Nc2ccncc2C(=O)CCCN2CCN(C)CC2)cc1.COc1cccc(C(=O)CCCCN2CCN(C)CC2)c1NC(=O)c1ccc2ccccc2c1.Cc1ccccc1C(=O)Nc1ccccc1C(=O)CCCN1CCN(C)CC1. The lowest BCUT2D eigenvalue weighted by molar-refractivity contribution is 0.0959. The highest BCUT2D eigenvalue weighted by molar-refractivity contribution is 6.14. The molecule has 1 aromatic heterocycles. The van der Waals surface area contributed by atoms with Gasteiger partial charge in [-0.15, -0.1) is 0 Å². The number of piperazine rings is 3. The summed E-state index contributed by atoms with van der Waals surface area (Å²) < 4.78 is 15.9. The number of Topliss-reactive ketones (excluding diaryl/α,β-unsaturated/α-hetero) is 4. The Balaban J connectivity index is 0.000000160. The van der Waals surface area contributed by atoms with Gasteiger partial charge >= 0.3 is 0 Å². The number of hydrogen-bond acceptors (Lipinski definition) is 18. The van der Waals surface area contributed by atoms with Crippen molar-refractivity contribution >= 4 is 91.1 Å². The van der Waals surface area contributed by atoms with Crippen molar-refractivity contribution in [1.82, 2.24) is 34.4 Å². The summed E-state index contributed by atoms with van der Waals surface area (Å²) in [6.07, 6.45) is 9.89. The zero-order valence-corrected chi connectivity index (χ0v) is 71.9. The van der Waals surface area contributed by atoms with E-state index in [1.807, 2.05) is 128 Å². The Kier molecular flexibility index (Phi) is 35.0. The summed E-state index contributed by atoms with van der Waals surface area (Å²) in [4.78, 5) is 121. The number of likely N-dealkylation sites (N-methyl/N-ethyl adjacent to an activating group) is 3. The third kappa shape index (κ3) is 27.5. The molecular formula is C101H115N11O11. The highest BCUT2D eigenvalue weighted by Crippen LogP contribution is 2.32. The van der Waals surface area contributed by atoms with E-state index >= 15 is 0 Å². The van der Waals surface area contributed by atoms with Crippen molar-refractivity contribution in [3.05, 3.63) is 299 Å². The number of carbonyl (C=O) groups is 8. The predicted octanol–water partition coefficient (Wildman–Crippen LogP) is 17.0. The lowest BCUT2D eigenvalue weighted by Crippen LogP contribution is -2.44. The van der Waals surface area contributed by atoms with Crippen LogP contribution in [0, 0.1) is 6.92 Å². The van der Waals surface area contributed by atoms with Crippen LogP contribution in [0.15, 0.2) is 243 Å². The molecule has 4 heterocycles. The largest absolute Gasteiger partial charge is 0.497 e. The summed E-state index contributed by atoms with van der Waals surface area (Å²) in [7, 11) is 11.1. The van der Waals surface area contributed by atoms with E-state index < -0.39 is 0 Å². The average Bonchev–Trinajstić information content (AvgIpc) is 0.815. The summed E-state index contributed by atoms with van der Waals surface area (Å²) >= 11 is 0. The second kappa shape index (κ2) is 47.1. The number of aryl methyl sites for hydroxylation is 2. The van der Waals surface area contributed by atoms with Gasteiger partial charge in [-0.1, -0.05) is 127 Å². The fourth-order valence-electron chi connectivity index (χ4n) is 15.0. The summed E-state index contributed by atoms with van der Waals surface area (Å²) in [5, 5.41) is 15.7.